The predicted octanol–water partition coefficient (Wildman–Crippen LogP) is 4.14. The Labute approximate surface area is 134 Å². The lowest BCUT2D eigenvalue weighted by atomic mass is 10.2. The van der Waals surface area contributed by atoms with E-state index in [2.05, 4.69) is 9.88 Å². The molecule has 2 aromatic rings. The summed E-state index contributed by atoms with van der Waals surface area (Å²) < 4.78 is 37.8. The van der Waals surface area contributed by atoms with Crippen molar-refractivity contribution in [1.29, 1.82) is 0 Å². The molecule has 0 atom stereocenters. The van der Waals surface area contributed by atoms with Gasteiger partial charge in [0, 0.05) is 42.3 Å². The molecule has 1 saturated heterocycles. The van der Waals surface area contributed by atoms with Crippen LogP contribution in [0.1, 0.15) is 5.69 Å². The molecule has 1 aliphatic heterocycles. The van der Waals surface area contributed by atoms with E-state index in [-0.39, 0.29) is 0 Å². The summed E-state index contributed by atoms with van der Waals surface area (Å²) in [6.07, 6.45) is -4.38. The molecule has 0 saturated carbocycles. The number of thiazole rings is 1. The van der Waals surface area contributed by atoms with Crippen LogP contribution in [0.15, 0.2) is 29.6 Å². The molecule has 3 nitrogen and oxygen atoms in total. The minimum atomic E-state index is -4.38. The Bertz CT molecular complexity index is 651. The molecule has 1 aromatic carbocycles. The Morgan fingerprint density at radius 2 is 1.77 bits per heavy atom. The molecule has 0 unspecified atom stereocenters. The highest BCUT2D eigenvalue weighted by molar-refractivity contribution is 7.13. The zero-order valence-corrected chi connectivity index (χ0v) is 13.0. The van der Waals surface area contributed by atoms with Crippen molar-refractivity contribution >= 4 is 33.8 Å². The van der Waals surface area contributed by atoms with Crippen molar-refractivity contribution in [3.63, 3.8) is 0 Å². The van der Waals surface area contributed by atoms with E-state index in [0.29, 0.717) is 23.2 Å². The summed E-state index contributed by atoms with van der Waals surface area (Å²) in [6.45, 7) is 2.72. The number of rotatable bonds is 2. The van der Waals surface area contributed by atoms with Crippen LogP contribution in [0.3, 0.4) is 0 Å². The fraction of sp³-hybridized carbons (Fsp3) is 0.357. The van der Waals surface area contributed by atoms with E-state index in [9.17, 15) is 13.2 Å². The van der Waals surface area contributed by atoms with Crippen LogP contribution in [0.4, 0.5) is 24.0 Å². The van der Waals surface area contributed by atoms with Crippen molar-refractivity contribution < 1.29 is 13.2 Å². The van der Waals surface area contributed by atoms with Crippen molar-refractivity contribution in [2.75, 3.05) is 36.0 Å². The highest BCUT2D eigenvalue weighted by atomic mass is 35.5. The van der Waals surface area contributed by atoms with E-state index >= 15 is 0 Å². The zero-order chi connectivity index (χ0) is 15.7. The van der Waals surface area contributed by atoms with E-state index < -0.39 is 11.9 Å². The predicted molar refractivity (Wildman–Crippen MR) is 83.0 cm³/mol. The van der Waals surface area contributed by atoms with E-state index in [4.69, 9.17) is 11.6 Å². The van der Waals surface area contributed by atoms with Gasteiger partial charge in [-0.05, 0) is 18.2 Å². The Hall–Kier alpha value is -1.47. The number of hydrogen-bond donors (Lipinski definition) is 0. The van der Waals surface area contributed by atoms with Gasteiger partial charge in [-0.25, -0.2) is 4.98 Å². The van der Waals surface area contributed by atoms with Crippen LogP contribution in [-0.2, 0) is 6.18 Å². The third kappa shape index (κ3) is 3.30. The van der Waals surface area contributed by atoms with Crippen LogP contribution < -0.4 is 9.80 Å². The first kappa shape index (κ1) is 15.4. The smallest absolute Gasteiger partial charge is 0.368 e. The number of hydrogen-bond acceptors (Lipinski definition) is 4. The summed E-state index contributed by atoms with van der Waals surface area (Å²) >= 11 is 7.02. The Balaban J connectivity index is 1.65. The first-order valence-electron chi connectivity index (χ1n) is 6.72. The molecule has 2 heterocycles. The molecule has 8 heteroatoms. The van der Waals surface area contributed by atoms with Crippen LogP contribution >= 0.6 is 22.9 Å². The number of halogens is 4. The van der Waals surface area contributed by atoms with E-state index in [1.54, 1.807) is 0 Å². The van der Waals surface area contributed by atoms with Crippen molar-refractivity contribution in [2.45, 2.75) is 6.18 Å². The molecule has 1 aromatic heterocycles. The maximum absolute atomic E-state index is 12.6. The van der Waals surface area contributed by atoms with E-state index in [1.807, 2.05) is 29.2 Å². The molecule has 0 radical (unpaired) electrons. The van der Waals surface area contributed by atoms with Gasteiger partial charge in [-0.3, -0.25) is 0 Å². The number of alkyl halides is 3. The maximum atomic E-state index is 12.6. The van der Waals surface area contributed by atoms with Crippen LogP contribution in [0.25, 0.3) is 0 Å². The molecule has 0 amide bonds. The number of aromatic nitrogens is 1. The standard InChI is InChI=1S/C14H13ClF3N3S/c15-10-2-1-3-11(8-10)20-4-6-21(7-5-20)13-19-12(9-22-13)14(16,17)18/h1-3,8-9H,4-7H2. The lowest BCUT2D eigenvalue weighted by molar-refractivity contribution is -0.140. The minimum Gasteiger partial charge on any atom is -0.368 e. The summed E-state index contributed by atoms with van der Waals surface area (Å²) in [5, 5.41) is 2.17. The van der Waals surface area contributed by atoms with Gasteiger partial charge in [0.2, 0.25) is 0 Å². The molecule has 22 heavy (non-hydrogen) atoms. The number of benzene rings is 1. The first-order chi connectivity index (χ1) is 10.4. The fourth-order valence-electron chi connectivity index (χ4n) is 2.37. The number of anilines is 2. The van der Waals surface area contributed by atoms with Gasteiger partial charge in [0.25, 0.3) is 0 Å². The Kier molecular flexibility index (Phi) is 4.18. The van der Waals surface area contributed by atoms with Crippen molar-refractivity contribution in [2.24, 2.45) is 0 Å². The van der Waals surface area contributed by atoms with Crippen molar-refractivity contribution in [3.8, 4) is 0 Å². The maximum Gasteiger partial charge on any atom is 0.434 e. The topological polar surface area (TPSA) is 19.4 Å². The lowest BCUT2D eigenvalue weighted by Crippen LogP contribution is -2.46. The van der Waals surface area contributed by atoms with Crippen LogP contribution in [0.5, 0.6) is 0 Å². The van der Waals surface area contributed by atoms with Crippen LogP contribution in [-0.4, -0.2) is 31.2 Å². The number of piperazine rings is 1. The quantitative estimate of drug-likeness (QED) is 0.814. The van der Waals surface area contributed by atoms with Crippen LogP contribution in [0, 0.1) is 0 Å². The largest absolute Gasteiger partial charge is 0.434 e. The average molecular weight is 348 g/mol. The monoisotopic (exact) mass is 347 g/mol. The van der Waals surface area contributed by atoms with Gasteiger partial charge in [-0.2, -0.15) is 13.2 Å². The van der Waals surface area contributed by atoms with Gasteiger partial charge in [-0.15, -0.1) is 11.3 Å². The van der Waals surface area contributed by atoms with Gasteiger partial charge in [0.05, 0.1) is 0 Å². The Morgan fingerprint density at radius 3 is 2.36 bits per heavy atom. The second-order valence-corrected chi connectivity index (χ2v) is 6.24. The summed E-state index contributed by atoms with van der Waals surface area (Å²) in [6, 6.07) is 7.57. The average Bonchev–Trinajstić information content (AvgIpc) is 2.97. The van der Waals surface area contributed by atoms with Gasteiger partial charge < -0.3 is 9.80 Å². The fourth-order valence-corrected chi connectivity index (χ4v) is 3.44. The van der Waals surface area contributed by atoms with Crippen molar-refractivity contribution in [1.82, 2.24) is 4.98 Å². The second kappa shape index (κ2) is 5.96. The summed E-state index contributed by atoms with van der Waals surface area (Å²) in [5.41, 5.74) is 0.215. The molecule has 0 spiro atoms. The van der Waals surface area contributed by atoms with Gasteiger partial charge in [-0.1, -0.05) is 17.7 Å². The molecule has 0 aliphatic carbocycles. The van der Waals surface area contributed by atoms with E-state index in [1.165, 1.54) is 0 Å². The van der Waals surface area contributed by atoms with Gasteiger partial charge in [0.15, 0.2) is 10.8 Å². The third-order valence-electron chi connectivity index (χ3n) is 3.51. The van der Waals surface area contributed by atoms with Crippen molar-refractivity contribution in [3.05, 3.63) is 40.4 Å². The summed E-state index contributed by atoms with van der Waals surface area (Å²) in [7, 11) is 0. The number of nitrogens with zero attached hydrogens (tertiary/aromatic N) is 3. The molecule has 3 rings (SSSR count). The second-order valence-electron chi connectivity index (χ2n) is 4.97. The normalized spacial score (nSPS) is 16.2. The molecule has 118 valence electrons. The molecule has 0 bridgehead atoms. The minimum absolute atomic E-state index is 0.429. The van der Waals surface area contributed by atoms with Crippen LogP contribution in [0.2, 0.25) is 5.02 Å². The summed E-state index contributed by atoms with van der Waals surface area (Å²) in [5.74, 6) is 0. The Morgan fingerprint density at radius 1 is 1.09 bits per heavy atom. The van der Waals surface area contributed by atoms with Gasteiger partial charge in [0.1, 0.15) is 0 Å². The molecular formula is C14H13ClF3N3S. The highest BCUT2D eigenvalue weighted by Gasteiger charge is 2.34. The molecule has 1 fully saturated rings. The highest BCUT2D eigenvalue weighted by Crippen LogP contribution is 2.33. The zero-order valence-electron chi connectivity index (χ0n) is 11.5. The molecule has 1 aliphatic rings. The first-order valence-corrected chi connectivity index (χ1v) is 7.97. The van der Waals surface area contributed by atoms with Gasteiger partial charge >= 0.3 is 6.18 Å². The SMILES string of the molecule is FC(F)(F)c1csc(N2CCN(c3cccc(Cl)c3)CC2)n1. The molecule has 0 N–H and O–H groups in total. The summed E-state index contributed by atoms with van der Waals surface area (Å²) in [4.78, 5) is 7.75. The van der Waals surface area contributed by atoms with E-state index in [0.717, 1.165) is 35.5 Å². The molecular weight excluding hydrogens is 335 g/mol. The lowest BCUT2D eigenvalue weighted by Gasteiger charge is -2.36. The third-order valence-corrected chi connectivity index (χ3v) is 4.64.